The van der Waals surface area contributed by atoms with Crippen LogP contribution in [0.1, 0.15) is 34.1 Å². The van der Waals surface area contributed by atoms with Gasteiger partial charge in [-0.15, -0.1) is 0 Å². The van der Waals surface area contributed by atoms with Crippen LogP contribution in [-0.2, 0) is 13.8 Å². The van der Waals surface area contributed by atoms with Gasteiger partial charge in [-0.25, -0.2) is 9.69 Å². The quantitative estimate of drug-likeness (QED) is 0.480. The first-order valence-corrected chi connectivity index (χ1v) is 11.6. The van der Waals surface area contributed by atoms with Crippen LogP contribution in [0, 0.1) is 5.92 Å². The molecule has 0 radical (unpaired) electrons. The van der Waals surface area contributed by atoms with Crippen LogP contribution < -0.4 is 9.05 Å². The number of allylic oxidation sites excluding steroid dienone is 1. The van der Waals surface area contributed by atoms with Gasteiger partial charge in [0.05, 0.1) is 0 Å². The summed E-state index contributed by atoms with van der Waals surface area (Å²) in [5.74, 6) is 0.901. The van der Waals surface area contributed by atoms with E-state index in [1.165, 1.54) is 4.90 Å². The highest BCUT2D eigenvalue weighted by Gasteiger charge is 2.39. The van der Waals surface area contributed by atoms with E-state index in [1.807, 2.05) is 19.1 Å². The second-order valence-corrected chi connectivity index (χ2v) is 9.76. The number of nitrogens with zero attached hydrogens (tertiary/aromatic N) is 1. The minimum atomic E-state index is -4.20. The van der Waals surface area contributed by atoms with Crippen molar-refractivity contribution in [3.8, 4) is 11.5 Å². The maximum absolute atomic E-state index is 13.7. The zero-order valence-electron chi connectivity index (χ0n) is 18.2. The molecule has 0 saturated carbocycles. The molecule has 1 heterocycles. The molecule has 0 saturated heterocycles. The highest BCUT2D eigenvalue weighted by molar-refractivity contribution is 7.49. The maximum Gasteiger partial charge on any atom is 0.648 e. The van der Waals surface area contributed by atoms with Crippen LogP contribution in [0.2, 0.25) is 0 Å². The number of para-hydroxylation sites is 2. The Kier molecular flexibility index (Phi) is 6.96. The van der Waals surface area contributed by atoms with Gasteiger partial charge in [0.15, 0.2) is 0 Å². The Morgan fingerprint density at radius 3 is 1.94 bits per heavy atom. The van der Waals surface area contributed by atoms with Gasteiger partial charge in [-0.3, -0.25) is 0 Å². The molecule has 1 atom stereocenters. The molecule has 0 N–H and O–H groups in total. The van der Waals surface area contributed by atoms with Crippen molar-refractivity contribution in [1.29, 1.82) is 0 Å². The van der Waals surface area contributed by atoms with Crippen LogP contribution in [0.15, 0.2) is 72.6 Å². The molecule has 2 aromatic carbocycles. The average Bonchev–Trinajstić information content (AvgIpc) is 2.69. The Bertz CT molecular complexity index is 910. The smallest absolute Gasteiger partial charge is 0.443 e. The molecule has 0 bridgehead atoms. The molecule has 166 valence electrons. The number of hydrogen-bond acceptors (Lipinski definition) is 6. The molecule has 0 unspecified atom stereocenters. The fourth-order valence-corrected chi connectivity index (χ4v) is 4.12. The van der Waals surface area contributed by atoms with Gasteiger partial charge in [0.1, 0.15) is 17.1 Å². The summed E-state index contributed by atoms with van der Waals surface area (Å²) in [6.07, 6.45) is 1.76. The average molecular weight is 445 g/mol. The number of carbonyl (C=O) groups excluding carboxylic acids is 1. The zero-order valence-corrected chi connectivity index (χ0v) is 19.1. The van der Waals surface area contributed by atoms with E-state index in [0.29, 0.717) is 24.5 Å². The lowest BCUT2D eigenvalue weighted by molar-refractivity contribution is 0.0181. The lowest BCUT2D eigenvalue weighted by Crippen LogP contribution is -2.41. The first kappa shape index (κ1) is 22.8. The zero-order chi connectivity index (χ0) is 22.5. The molecular weight excluding hydrogens is 417 g/mol. The SMILES string of the molecule is C[C@H]1CC=C(OP(=O)(Oc2ccccc2)Oc2ccccc2)N(C(=O)OC(C)(C)C)C1. The van der Waals surface area contributed by atoms with Crippen LogP contribution in [0.25, 0.3) is 0 Å². The highest BCUT2D eigenvalue weighted by Crippen LogP contribution is 2.52. The van der Waals surface area contributed by atoms with Crippen LogP contribution in [-0.4, -0.2) is 23.1 Å². The summed E-state index contributed by atoms with van der Waals surface area (Å²) in [5.41, 5.74) is -0.687. The number of phosphoric ester groups is 1. The molecule has 8 heteroatoms. The first-order chi connectivity index (χ1) is 14.6. The summed E-state index contributed by atoms with van der Waals surface area (Å²) in [5, 5.41) is 0. The van der Waals surface area contributed by atoms with Crippen LogP contribution in [0.3, 0.4) is 0 Å². The molecule has 0 fully saturated rings. The number of hydrogen-bond donors (Lipinski definition) is 0. The van der Waals surface area contributed by atoms with Crippen molar-refractivity contribution < 1.29 is 27.7 Å². The number of rotatable bonds is 6. The largest absolute Gasteiger partial charge is 0.648 e. The predicted octanol–water partition coefficient (Wildman–Crippen LogP) is 6.39. The van der Waals surface area contributed by atoms with E-state index in [2.05, 4.69) is 0 Å². The molecule has 1 aliphatic heterocycles. The third kappa shape index (κ3) is 6.79. The second-order valence-electron chi connectivity index (χ2n) is 8.32. The normalized spacial score (nSPS) is 16.8. The summed E-state index contributed by atoms with van der Waals surface area (Å²) >= 11 is 0. The molecule has 0 aromatic heterocycles. The monoisotopic (exact) mass is 445 g/mol. The van der Waals surface area contributed by atoms with Crippen molar-refractivity contribution >= 4 is 13.9 Å². The lowest BCUT2D eigenvalue weighted by atomic mass is 10.0. The standard InChI is InChI=1S/C23H28NO6P/c1-18-15-16-21(24(17-18)22(25)27-23(2,3)4)30-31(26,28-19-11-7-5-8-12-19)29-20-13-9-6-10-14-20/h5-14,16,18H,15,17H2,1-4H3/t18-/m0/s1. The van der Waals surface area contributed by atoms with Gasteiger partial charge in [0.25, 0.3) is 0 Å². The summed E-state index contributed by atoms with van der Waals surface area (Å²) in [4.78, 5) is 14.1. The summed E-state index contributed by atoms with van der Waals surface area (Å²) < 4.78 is 36.3. The molecule has 31 heavy (non-hydrogen) atoms. The summed E-state index contributed by atoms with van der Waals surface area (Å²) in [6.45, 7) is 7.71. The van der Waals surface area contributed by atoms with E-state index in [0.717, 1.165) is 0 Å². The van der Waals surface area contributed by atoms with Crippen molar-refractivity contribution in [3.05, 3.63) is 72.6 Å². The number of phosphoric acid groups is 1. The van der Waals surface area contributed by atoms with Gasteiger partial charge in [-0.05, 0) is 63.5 Å². The van der Waals surface area contributed by atoms with Crippen molar-refractivity contribution in [3.63, 3.8) is 0 Å². The third-order valence-electron chi connectivity index (χ3n) is 4.20. The van der Waals surface area contributed by atoms with E-state index in [1.54, 1.807) is 75.4 Å². The molecule has 0 aliphatic carbocycles. The molecule has 7 nitrogen and oxygen atoms in total. The third-order valence-corrected chi connectivity index (χ3v) is 5.47. The Hall–Kier alpha value is -2.92. The maximum atomic E-state index is 13.7. The molecule has 3 rings (SSSR count). The van der Waals surface area contributed by atoms with E-state index >= 15 is 0 Å². The molecule has 2 aromatic rings. The first-order valence-electron chi connectivity index (χ1n) is 10.1. The van der Waals surface area contributed by atoms with Gasteiger partial charge >= 0.3 is 13.9 Å². The Morgan fingerprint density at radius 1 is 0.935 bits per heavy atom. The van der Waals surface area contributed by atoms with Crippen molar-refractivity contribution in [1.82, 2.24) is 4.90 Å². The van der Waals surface area contributed by atoms with E-state index in [9.17, 15) is 9.36 Å². The summed E-state index contributed by atoms with van der Waals surface area (Å²) in [7, 11) is -4.20. The lowest BCUT2D eigenvalue weighted by Gasteiger charge is -2.33. The molecular formula is C23H28NO6P. The van der Waals surface area contributed by atoms with Crippen molar-refractivity contribution in [2.24, 2.45) is 5.92 Å². The fraction of sp³-hybridized carbons (Fsp3) is 0.348. The van der Waals surface area contributed by atoms with Gasteiger partial charge < -0.3 is 18.3 Å². The second kappa shape index (κ2) is 9.48. The molecule has 1 amide bonds. The number of carbonyl (C=O) groups is 1. The van der Waals surface area contributed by atoms with Crippen molar-refractivity contribution in [2.45, 2.75) is 39.7 Å². The van der Waals surface area contributed by atoms with Gasteiger partial charge in [0, 0.05) is 6.54 Å². The minimum Gasteiger partial charge on any atom is -0.443 e. The number of benzene rings is 2. The Labute approximate surface area is 183 Å². The Balaban J connectivity index is 1.89. The van der Waals surface area contributed by atoms with Crippen LogP contribution in [0.4, 0.5) is 4.79 Å². The summed E-state index contributed by atoms with van der Waals surface area (Å²) in [6, 6.07) is 17.2. The van der Waals surface area contributed by atoms with Crippen LogP contribution in [0.5, 0.6) is 11.5 Å². The predicted molar refractivity (Wildman–Crippen MR) is 118 cm³/mol. The number of amides is 1. The van der Waals surface area contributed by atoms with Crippen molar-refractivity contribution in [2.75, 3.05) is 6.54 Å². The topological polar surface area (TPSA) is 74.3 Å². The van der Waals surface area contributed by atoms with E-state index in [-0.39, 0.29) is 11.8 Å². The van der Waals surface area contributed by atoms with E-state index in [4.69, 9.17) is 18.3 Å². The van der Waals surface area contributed by atoms with Gasteiger partial charge in [-0.2, -0.15) is 4.57 Å². The fourth-order valence-electron chi connectivity index (χ4n) is 2.85. The minimum absolute atomic E-state index is 0.0857. The molecule has 1 aliphatic rings. The van der Waals surface area contributed by atoms with Crippen LogP contribution >= 0.6 is 7.82 Å². The Morgan fingerprint density at radius 2 is 1.45 bits per heavy atom. The van der Waals surface area contributed by atoms with Gasteiger partial charge in [-0.1, -0.05) is 43.3 Å². The van der Waals surface area contributed by atoms with E-state index < -0.39 is 19.5 Å². The number of ether oxygens (including phenoxy) is 1. The van der Waals surface area contributed by atoms with Gasteiger partial charge in [0.2, 0.25) is 5.88 Å². The molecule has 0 spiro atoms. The highest BCUT2D eigenvalue weighted by atomic mass is 31.2.